The van der Waals surface area contributed by atoms with Crippen LogP contribution in [-0.2, 0) is 9.53 Å². The number of rotatable bonds is 7. The van der Waals surface area contributed by atoms with Crippen LogP contribution in [0.5, 0.6) is 0 Å². The Kier molecular flexibility index (Phi) is 6.62. The lowest BCUT2D eigenvalue weighted by Crippen LogP contribution is -2.47. The molecule has 6 heteroatoms. The number of hydrogen-bond acceptors (Lipinski definition) is 3. The quantitative estimate of drug-likeness (QED) is 0.653. The second-order valence-corrected chi connectivity index (χ2v) is 5.34. The van der Waals surface area contributed by atoms with Crippen molar-refractivity contribution in [3.8, 4) is 0 Å². The minimum absolute atomic E-state index is 0.216. The van der Waals surface area contributed by atoms with E-state index in [4.69, 9.17) is 9.84 Å². The summed E-state index contributed by atoms with van der Waals surface area (Å²) in [5, 5.41) is 14.2. The molecule has 0 aromatic rings. The number of amides is 2. The molecule has 0 saturated carbocycles. The van der Waals surface area contributed by atoms with E-state index in [0.29, 0.717) is 13.0 Å². The summed E-state index contributed by atoms with van der Waals surface area (Å²) in [6, 6.07) is -1.26. The highest BCUT2D eigenvalue weighted by Gasteiger charge is 2.21. The minimum Gasteiger partial charge on any atom is -0.480 e. The van der Waals surface area contributed by atoms with Crippen LogP contribution in [0, 0.1) is 5.92 Å². The molecule has 0 radical (unpaired) electrons. The molecule has 0 spiro atoms. The van der Waals surface area contributed by atoms with Crippen molar-refractivity contribution in [2.75, 3.05) is 13.2 Å². The van der Waals surface area contributed by atoms with Gasteiger partial charge < -0.3 is 20.5 Å². The first kappa shape index (κ1) is 15.8. The maximum atomic E-state index is 11.6. The molecule has 2 atom stereocenters. The molecule has 0 aromatic heterocycles. The van der Waals surface area contributed by atoms with Crippen molar-refractivity contribution in [2.24, 2.45) is 5.92 Å². The molecular formula is C13H24N2O4. The zero-order valence-corrected chi connectivity index (χ0v) is 11.6. The second kappa shape index (κ2) is 7.99. The number of nitrogens with one attached hydrogen (secondary N) is 2. The zero-order valence-electron chi connectivity index (χ0n) is 11.6. The number of carbonyl (C=O) groups excluding carboxylic acids is 1. The molecule has 110 valence electrons. The Bertz CT molecular complexity index is 301. The summed E-state index contributed by atoms with van der Waals surface area (Å²) in [6.07, 6.45) is 3.54. The second-order valence-electron chi connectivity index (χ2n) is 5.34. The van der Waals surface area contributed by atoms with Gasteiger partial charge in [-0.3, -0.25) is 0 Å². The van der Waals surface area contributed by atoms with E-state index in [0.717, 1.165) is 25.9 Å². The largest absolute Gasteiger partial charge is 0.480 e. The summed E-state index contributed by atoms with van der Waals surface area (Å²) in [4.78, 5) is 22.6. The van der Waals surface area contributed by atoms with E-state index >= 15 is 0 Å². The third kappa shape index (κ3) is 6.42. The summed E-state index contributed by atoms with van der Waals surface area (Å²) in [7, 11) is 0. The van der Waals surface area contributed by atoms with Gasteiger partial charge in [0.25, 0.3) is 0 Å². The van der Waals surface area contributed by atoms with Gasteiger partial charge in [0, 0.05) is 13.2 Å². The van der Waals surface area contributed by atoms with Gasteiger partial charge in [0.15, 0.2) is 0 Å². The third-order valence-electron chi connectivity index (χ3n) is 3.09. The maximum Gasteiger partial charge on any atom is 0.326 e. The van der Waals surface area contributed by atoms with Crippen molar-refractivity contribution in [1.82, 2.24) is 10.6 Å². The van der Waals surface area contributed by atoms with Gasteiger partial charge in [-0.15, -0.1) is 0 Å². The van der Waals surface area contributed by atoms with E-state index in [9.17, 15) is 9.59 Å². The molecule has 1 heterocycles. The molecule has 0 bridgehead atoms. The molecule has 1 rings (SSSR count). The smallest absolute Gasteiger partial charge is 0.326 e. The number of carboxylic acids is 1. The van der Waals surface area contributed by atoms with Crippen LogP contribution in [0.2, 0.25) is 0 Å². The standard InChI is InChI=1S/C13H24N2O4/c1-9(2)8-11(12(16)17)15-13(18)14-6-5-10-4-3-7-19-10/h9-11H,3-8H2,1-2H3,(H,16,17)(H2,14,15,18)/t10?,11-/m0/s1. The normalized spacial score (nSPS) is 20.3. The predicted octanol–water partition coefficient (Wildman–Crippen LogP) is 1.35. The van der Waals surface area contributed by atoms with Crippen molar-refractivity contribution in [1.29, 1.82) is 0 Å². The van der Waals surface area contributed by atoms with Crippen LogP contribution < -0.4 is 10.6 Å². The Labute approximate surface area is 113 Å². The summed E-state index contributed by atoms with van der Waals surface area (Å²) < 4.78 is 5.44. The van der Waals surface area contributed by atoms with Gasteiger partial charge in [0.05, 0.1) is 6.10 Å². The molecule has 3 N–H and O–H groups in total. The van der Waals surface area contributed by atoms with Crippen molar-refractivity contribution in [2.45, 2.75) is 51.7 Å². The predicted molar refractivity (Wildman–Crippen MR) is 71.0 cm³/mol. The molecule has 1 aliphatic heterocycles. The first-order chi connectivity index (χ1) is 8.99. The lowest BCUT2D eigenvalue weighted by molar-refractivity contribution is -0.139. The van der Waals surface area contributed by atoms with Gasteiger partial charge in [0.1, 0.15) is 6.04 Å². The highest BCUT2D eigenvalue weighted by Crippen LogP contribution is 2.14. The van der Waals surface area contributed by atoms with Crippen LogP contribution in [0.15, 0.2) is 0 Å². The number of aliphatic carboxylic acids is 1. The number of carbonyl (C=O) groups is 2. The van der Waals surface area contributed by atoms with Gasteiger partial charge in [-0.25, -0.2) is 9.59 Å². The van der Waals surface area contributed by atoms with Gasteiger partial charge in [0.2, 0.25) is 0 Å². The Morgan fingerprint density at radius 2 is 2.16 bits per heavy atom. The van der Waals surface area contributed by atoms with E-state index in [1.807, 2.05) is 13.8 Å². The van der Waals surface area contributed by atoms with Crippen LogP contribution in [0.4, 0.5) is 4.79 Å². The average molecular weight is 272 g/mol. The van der Waals surface area contributed by atoms with Crippen LogP contribution >= 0.6 is 0 Å². The fourth-order valence-electron chi connectivity index (χ4n) is 2.12. The fourth-order valence-corrected chi connectivity index (χ4v) is 2.12. The summed E-state index contributed by atoms with van der Waals surface area (Å²) >= 11 is 0. The molecule has 6 nitrogen and oxygen atoms in total. The van der Waals surface area contributed by atoms with Gasteiger partial charge in [-0.2, -0.15) is 0 Å². The van der Waals surface area contributed by atoms with Gasteiger partial charge in [-0.1, -0.05) is 13.8 Å². The Hall–Kier alpha value is -1.30. The number of hydrogen-bond donors (Lipinski definition) is 3. The molecule has 19 heavy (non-hydrogen) atoms. The van der Waals surface area contributed by atoms with E-state index in [1.165, 1.54) is 0 Å². The Morgan fingerprint density at radius 3 is 2.68 bits per heavy atom. The number of ether oxygens (including phenoxy) is 1. The van der Waals surface area contributed by atoms with Crippen molar-refractivity contribution in [3.63, 3.8) is 0 Å². The Morgan fingerprint density at radius 1 is 1.42 bits per heavy atom. The van der Waals surface area contributed by atoms with E-state index in [-0.39, 0.29) is 12.0 Å². The molecule has 0 aliphatic carbocycles. The number of urea groups is 1. The minimum atomic E-state index is -0.997. The SMILES string of the molecule is CC(C)C[C@H](NC(=O)NCCC1CCCO1)C(=O)O. The first-order valence-electron chi connectivity index (χ1n) is 6.87. The van der Waals surface area contributed by atoms with Crippen molar-refractivity contribution in [3.05, 3.63) is 0 Å². The van der Waals surface area contributed by atoms with Crippen LogP contribution in [0.3, 0.4) is 0 Å². The molecule has 1 fully saturated rings. The fraction of sp³-hybridized carbons (Fsp3) is 0.846. The highest BCUT2D eigenvalue weighted by atomic mass is 16.5. The van der Waals surface area contributed by atoms with Gasteiger partial charge >= 0.3 is 12.0 Å². The Balaban J connectivity index is 2.21. The monoisotopic (exact) mass is 272 g/mol. The van der Waals surface area contributed by atoms with Crippen molar-refractivity contribution >= 4 is 12.0 Å². The lowest BCUT2D eigenvalue weighted by Gasteiger charge is -2.17. The van der Waals surface area contributed by atoms with Crippen molar-refractivity contribution < 1.29 is 19.4 Å². The topological polar surface area (TPSA) is 87.7 Å². The number of carboxylic acid groups (broad SMARTS) is 1. The summed E-state index contributed by atoms with van der Waals surface area (Å²) in [5.41, 5.74) is 0. The highest BCUT2D eigenvalue weighted by molar-refractivity contribution is 5.82. The molecular weight excluding hydrogens is 248 g/mol. The van der Waals surface area contributed by atoms with Gasteiger partial charge in [-0.05, 0) is 31.6 Å². The van der Waals surface area contributed by atoms with E-state index in [2.05, 4.69) is 10.6 Å². The summed E-state index contributed by atoms with van der Waals surface area (Å²) in [5.74, 6) is -0.781. The molecule has 2 amide bonds. The maximum absolute atomic E-state index is 11.6. The summed E-state index contributed by atoms with van der Waals surface area (Å²) in [6.45, 7) is 5.15. The molecule has 0 aromatic carbocycles. The zero-order chi connectivity index (χ0) is 14.3. The molecule has 1 aliphatic rings. The first-order valence-corrected chi connectivity index (χ1v) is 6.87. The average Bonchev–Trinajstić information content (AvgIpc) is 2.80. The van der Waals surface area contributed by atoms with Crippen LogP contribution in [-0.4, -0.2) is 42.4 Å². The lowest BCUT2D eigenvalue weighted by atomic mass is 10.0. The van der Waals surface area contributed by atoms with E-state index in [1.54, 1.807) is 0 Å². The molecule has 1 saturated heterocycles. The third-order valence-corrected chi connectivity index (χ3v) is 3.09. The van der Waals surface area contributed by atoms with Crippen LogP contribution in [0.25, 0.3) is 0 Å². The van der Waals surface area contributed by atoms with Crippen LogP contribution in [0.1, 0.15) is 39.5 Å². The molecule has 1 unspecified atom stereocenters. The van der Waals surface area contributed by atoms with E-state index < -0.39 is 18.0 Å².